The molecule has 2 aliphatic rings. The average molecular weight is 507 g/mol. The van der Waals surface area contributed by atoms with Gasteiger partial charge >= 0.3 is 18.0 Å². The highest BCUT2D eigenvalue weighted by Gasteiger charge is 2.59. The fraction of sp³-hybridized carbons (Fsp3) is 0.429. The van der Waals surface area contributed by atoms with Crippen LogP contribution >= 0.6 is 0 Å². The Balaban J connectivity index is 1.52. The van der Waals surface area contributed by atoms with Gasteiger partial charge in [-0.3, -0.25) is 4.79 Å². The van der Waals surface area contributed by atoms with Crippen molar-refractivity contribution < 1.29 is 24.3 Å². The van der Waals surface area contributed by atoms with Gasteiger partial charge < -0.3 is 20.6 Å². The fourth-order valence-electron chi connectivity index (χ4n) is 5.31. The second-order valence-electron chi connectivity index (χ2n) is 10.3. The molecule has 3 N–H and O–H groups in total. The molecule has 2 fully saturated rings. The van der Waals surface area contributed by atoms with Gasteiger partial charge in [0.1, 0.15) is 11.6 Å². The fourth-order valence-corrected chi connectivity index (χ4v) is 5.31. The van der Waals surface area contributed by atoms with Crippen LogP contribution in [0.15, 0.2) is 54.6 Å². The van der Waals surface area contributed by atoms with E-state index in [1.54, 1.807) is 41.3 Å². The quantitative estimate of drug-likeness (QED) is 0.420. The molecule has 1 saturated heterocycles. The van der Waals surface area contributed by atoms with Crippen molar-refractivity contribution in [2.75, 3.05) is 10.6 Å². The summed E-state index contributed by atoms with van der Waals surface area (Å²) in [6, 6.07) is 14.1. The maximum Gasteiger partial charge on any atom is 0.328 e. The summed E-state index contributed by atoms with van der Waals surface area (Å²) in [6.45, 7) is 3.95. The van der Waals surface area contributed by atoms with Gasteiger partial charge in [0, 0.05) is 17.9 Å². The number of rotatable bonds is 8. The van der Waals surface area contributed by atoms with E-state index in [1.807, 2.05) is 32.0 Å². The number of aliphatic carboxylic acids is 1. The Hall–Kier alpha value is -3.88. The van der Waals surface area contributed by atoms with Crippen molar-refractivity contribution in [3.05, 3.63) is 60.2 Å². The monoisotopic (exact) mass is 506 g/mol. The van der Waals surface area contributed by atoms with E-state index in [0.717, 1.165) is 29.7 Å². The highest BCUT2D eigenvalue weighted by molar-refractivity contribution is 6.09. The summed E-state index contributed by atoms with van der Waals surface area (Å²) in [5.74, 6) is -1.54. The zero-order valence-electron chi connectivity index (χ0n) is 21.3. The maximum absolute atomic E-state index is 13.7. The van der Waals surface area contributed by atoms with Gasteiger partial charge in [0.2, 0.25) is 0 Å². The standard InChI is InChI=1S/C28H34N4O5/c1-19(2)17-23(24(33)34)32-25(35)28(15-7-4-8-16-28)31(27(32)37)18-20-11-13-22(14-12-20)30-26(36)29-21-9-5-3-6-10-21/h3,5-6,9-14,19,23H,4,7-8,15-18H2,1-2H3,(H,33,34)(H2,29,30,36)/t23-/m0/s1. The van der Waals surface area contributed by atoms with Gasteiger partial charge in [0.15, 0.2) is 0 Å². The van der Waals surface area contributed by atoms with E-state index in [0.29, 0.717) is 24.2 Å². The van der Waals surface area contributed by atoms with Gasteiger partial charge in [-0.2, -0.15) is 0 Å². The average Bonchev–Trinajstić information content (AvgIpc) is 3.05. The van der Waals surface area contributed by atoms with Crippen LogP contribution in [-0.2, 0) is 16.1 Å². The third-order valence-electron chi connectivity index (χ3n) is 7.13. The minimum atomic E-state index is -1.18. The van der Waals surface area contributed by atoms with Gasteiger partial charge in [0.25, 0.3) is 5.91 Å². The molecule has 196 valence electrons. The molecule has 9 nitrogen and oxygen atoms in total. The van der Waals surface area contributed by atoms with Crippen LogP contribution < -0.4 is 10.6 Å². The molecular formula is C28H34N4O5. The lowest BCUT2D eigenvalue weighted by Crippen LogP contribution is -2.51. The number of nitrogens with zero attached hydrogens (tertiary/aromatic N) is 2. The van der Waals surface area contributed by atoms with E-state index in [2.05, 4.69) is 10.6 Å². The predicted octanol–water partition coefficient (Wildman–Crippen LogP) is 5.30. The number of hydrogen-bond donors (Lipinski definition) is 3. The van der Waals surface area contributed by atoms with Gasteiger partial charge in [-0.25, -0.2) is 19.3 Å². The van der Waals surface area contributed by atoms with Crippen molar-refractivity contribution in [3.63, 3.8) is 0 Å². The van der Waals surface area contributed by atoms with E-state index in [-0.39, 0.29) is 30.8 Å². The second kappa shape index (κ2) is 11.0. The SMILES string of the molecule is CC(C)C[C@@H](C(=O)O)N1C(=O)N(Cc2ccc(NC(=O)Nc3ccccc3)cc2)C2(CCCCC2)C1=O. The largest absolute Gasteiger partial charge is 0.480 e. The van der Waals surface area contributed by atoms with Gasteiger partial charge in [-0.1, -0.05) is 63.4 Å². The number of urea groups is 2. The Kier molecular flexibility index (Phi) is 7.80. The Morgan fingerprint density at radius 3 is 2.08 bits per heavy atom. The van der Waals surface area contributed by atoms with E-state index < -0.39 is 23.6 Å². The molecule has 4 rings (SSSR count). The first-order valence-corrected chi connectivity index (χ1v) is 12.8. The summed E-state index contributed by atoms with van der Waals surface area (Å²) >= 11 is 0. The molecule has 9 heteroatoms. The lowest BCUT2D eigenvalue weighted by atomic mass is 9.80. The van der Waals surface area contributed by atoms with E-state index in [4.69, 9.17) is 0 Å². The normalized spacial score (nSPS) is 17.8. The number of para-hydroxylation sites is 1. The minimum absolute atomic E-state index is 0.0113. The minimum Gasteiger partial charge on any atom is -0.480 e. The summed E-state index contributed by atoms with van der Waals surface area (Å²) in [4.78, 5) is 54.3. The Morgan fingerprint density at radius 2 is 1.51 bits per heavy atom. The molecule has 2 aromatic rings. The number of hydrogen-bond acceptors (Lipinski definition) is 4. The Morgan fingerprint density at radius 1 is 0.919 bits per heavy atom. The van der Waals surface area contributed by atoms with Crippen molar-refractivity contribution in [2.24, 2.45) is 5.92 Å². The molecule has 0 unspecified atom stereocenters. The number of nitrogens with one attached hydrogen (secondary N) is 2. The van der Waals surface area contributed by atoms with Crippen LogP contribution in [0.1, 0.15) is 57.9 Å². The van der Waals surface area contributed by atoms with Gasteiger partial charge in [-0.05, 0) is 55.0 Å². The number of carboxylic acid groups (broad SMARTS) is 1. The summed E-state index contributed by atoms with van der Waals surface area (Å²) in [5, 5.41) is 15.4. The van der Waals surface area contributed by atoms with Crippen molar-refractivity contribution in [1.82, 2.24) is 9.80 Å². The lowest BCUT2D eigenvalue weighted by molar-refractivity contribution is -0.149. The first-order valence-electron chi connectivity index (χ1n) is 12.8. The molecule has 0 bridgehead atoms. The Labute approximate surface area is 216 Å². The van der Waals surface area contributed by atoms with Crippen LogP contribution in [0, 0.1) is 5.92 Å². The molecule has 1 aliphatic carbocycles. The number of benzene rings is 2. The molecule has 1 heterocycles. The summed E-state index contributed by atoms with van der Waals surface area (Å²) in [6.07, 6.45) is 3.87. The second-order valence-corrected chi connectivity index (χ2v) is 10.3. The van der Waals surface area contributed by atoms with Crippen molar-refractivity contribution in [2.45, 2.75) is 70.5 Å². The molecule has 0 aromatic heterocycles. The Bertz CT molecular complexity index is 1140. The summed E-state index contributed by atoms with van der Waals surface area (Å²) < 4.78 is 0. The molecule has 0 radical (unpaired) electrons. The highest BCUT2D eigenvalue weighted by Crippen LogP contribution is 2.42. The van der Waals surface area contributed by atoms with Crippen LogP contribution in [0.3, 0.4) is 0 Å². The van der Waals surface area contributed by atoms with Gasteiger partial charge in [0.05, 0.1) is 0 Å². The maximum atomic E-state index is 13.7. The van der Waals surface area contributed by atoms with Crippen LogP contribution in [0.2, 0.25) is 0 Å². The highest BCUT2D eigenvalue weighted by atomic mass is 16.4. The number of amides is 5. The molecule has 1 saturated carbocycles. The number of carbonyl (C=O) groups is 4. The van der Waals surface area contributed by atoms with Crippen molar-refractivity contribution >= 4 is 35.3 Å². The molecule has 5 amide bonds. The van der Waals surface area contributed by atoms with Crippen molar-refractivity contribution in [1.29, 1.82) is 0 Å². The molecule has 2 aromatic carbocycles. The molecule has 1 aliphatic heterocycles. The van der Waals surface area contributed by atoms with Crippen molar-refractivity contribution in [3.8, 4) is 0 Å². The number of imide groups is 1. The zero-order chi connectivity index (χ0) is 26.6. The third-order valence-corrected chi connectivity index (χ3v) is 7.13. The van der Waals surface area contributed by atoms with Crippen LogP contribution in [0.4, 0.5) is 21.0 Å². The van der Waals surface area contributed by atoms with E-state index in [9.17, 15) is 24.3 Å². The van der Waals surface area contributed by atoms with Gasteiger partial charge in [-0.15, -0.1) is 0 Å². The number of carbonyl (C=O) groups excluding carboxylic acids is 3. The molecule has 1 spiro atoms. The predicted molar refractivity (Wildman–Crippen MR) is 140 cm³/mol. The van der Waals surface area contributed by atoms with E-state index in [1.165, 1.54) is 0 Å². The lowest BCUT2D eigenvalue weighted by Gasteiger charge is -2.38. The topological polar surface area (TPSA) is 119 Å². The molecule has 37 heavy (non-hydrogen) atoms. The molecule has 1 atom stereocenters. The van der Waals surface area contributed by atoms with Crippen LogP contribution in [0.25, 0.3) is 0 Å². The van der Waals surface area contributed by atoms with Crippen LogP contribution in [0.5, 0.6) is 0 Å². The van der Waals surface area contributed by atoms with E-state index >= 15 is 0 Å². The third kappa shape index (κ3) is 5.60. The molecular weight excluding hydrogens is 472 g/mol. The first-order chi connectivity index (χ1) is 17.7. The summed E-state index contributed by atoms with van der Waals surface area (Å²) in [5.41, 5.74) is 1.04. The number of carboxylic acids is 1. The number of anilines is 2. The first kappa shape index (κ1) is 26.2. The smallest absolute Gasteiger partial charge is 0.328 e. The van der Waals surface area contributed by atoms with Crippen LogP contribution in [-0.4, -0.2) is 50.4 Å². The summed E-state index contributed by atoms with van der Waals surface area (Å²) in [7, 11) is 0. The zero-order valence-corrected chi connectivity index (χ0v) is 21.3.